The van der Waals surface area contributed by atoms with E-state index in [1.165, 1.54) is 22.1 Å². The standard InChI is InChI=1S/C17H16FNOS/c1-10-3-5-12-8-16(21-15(12)7-10)17(20)19-13-6-4-11(2)14(18)9-13/h3-7,9,16H,8H2,1-2H3,(H,19,20)/t16-/m1/s1. The van der Waals surface area contributed by atoms with Crippen molar-refractivity contribution in [3.05, 3.63) is 58.9 Å². The van der Waals surface area contributed by atoms with Gasteiger partial charge < -0.3 is 5.32 Å². The first-order valence-corrected chi connectivity index (χ1v) is 7.74. The van der Waals surface area contributed by atoms with E-state index in [4.69, 9.17) is 0 Å². The van der Waals surface area contributed by atoms with Gasteiger partial charge in [0.15, 0.2) is 0 Å². The molecule has 0 aromatic heterocycles. The number of halogens is 1. The number of hydrogen-bond donors (Lipinski definition) is 1. The van der Waals surface area contributed by atoms with E-state index in [9.17, 15) is 9.18 Å². The zero-order chi connectivity index (χ0) is 15.0. The van der Waals surface area contributed by atoms with E-state index in [2.05, 4.69) is 23.5 Å². The second-order valence-electron chi connectivity index (χ2n) is 5.38. The van der Waals surface area contributed by atoms with Crippen LogP contribution in [0.5, 0.6) is 0 Å². The van der Waals surface area contributed by atoms with Crippen molar-refractivity contribution in [1.29, 1.82) is 0 Å². The Hall–Kier alpha value is -1.81. The van der Waals surface area contributed by atoms with Crippen LogP contribution < -0.4 is 5.32 Å². The summed E-state index contributed by atoms with van der Waals surface area (Å²) in [7, 11) is 0. The fourth-order valence-electron chi connectivity index (χ4n) is 2.37. The van der Waals surface area contributed by atoms with Crippen molar-refractivity contribution >= 4 is 23.4 Å². The maximum absolute atomic E-state index is 13.5. The molecule has 2 aromatic carbocycles. The van der Waals surface area contributed by atoms with Crippen LogP contribution >= 0.6 is 11.8 Å². The van der Waals surface area contributed by atoms with E-state index in [0.29, 0.717) is 11.3 Å². The molecule has 1 heterocycles. The van der Waals surface area contributed by atoms with Gasteiger partial charge in [0.2, 0.25) is 5.91 Å². The van der Waals surface area contributed by atoms with E-state index in [-0.39, 0.29) is 17.0 Å². The Labute approximate surface area is 127 Å². The Balaban J connectivity index is 1.71. The summed E-state index contributed by atoms with van der Waals surface area (Å²) >= 11 is 1.58. The van der Waals surface area contributed by atoms with Crippen LogP contribution in [0, 0.1) is 19.7 Å². The fourth-order valence-corrected chi connectivity index (χ4v) is 3.67. The number of aryl methyl sites for hydroxylation is 2. The first-order chi connectivity index (χ1) is 10.0. The first kappa shape index (κ1) is 14.1. The van der Waals surface area contributed by atoms with E-state index in [1.54, 1.807) is 30.8 Å². The molecular weight excluding hydrogens is 285 g/mol. The highest BCUT2D eigenvalue weighted by molar-refractivity contribution is 8.01. The molecule has 0 unspecified atom stereocenters. The zero-order valence-corrected chi connectivity index (χ0v) is 12.8. The zero-order valence-electron chi connectivity index (χ0n) is 11.9. The number of hydrogen-bond acceptors (Lipinski definition) is 2. The van der Waals surface area contributed by atoms with Crippen LogP contribution in [0.15, 0.2) is 41.3 Å². The van der Waals surface area contributed by atoms with Gasteiger partial charge in [0.1, 0.15) is 5.82 Å². The number of rotatable bonds is 2. The van der Waals surface area contributed by atoms with Gasteiger partial charge in [-0.05, 0) is 49.6 Å². The Bertz CT molecular complexity index is 714. The van der Waals surface area contributed by atoms with Crippen LogP contribution in [-0.2, 0) is 11.2 Å². The van der Waals surface area contributed by atoms with Gasteiger partial charge in [-0.25, -0.2) is 4.39 Å². The highest BCUT2D eigenvalue weighted by Crippen LogP contribution is 2.38. The topological polar surface area (TPSA) is 29.1 Å². The number of thioether (sulfide) groups is 1. The van der Waals surface area contributed by atoms with Gasteiger partial charge in [-0.2, -0.15) is 0 Å². The lowest BCUT2D eigenvalue weighted by Crippen LogP contribution is -2.24. The molecule has 1 atom stereocenters. The van der Waals surface area contributed by atoms with E-state index in [0.717, 1.165) is 6.42 Å². The summed E-state index contributed by atoms with van der Waals surface area (Å²) in [6.07, 6.45) is 0.723. The Morgan fingerprint density at radius 3 is 2.81 bits per heavy atom. The Kier molecular flexibility index (Phi) is 3.72. The Morgan fingerprint density at radius 1 is 1.24 bits per heavy atom. The third-order valence-corrected chi connectivity index (χ3v) is 4.93. The highest BCUT2D eigenvalue weighted by Gasteiger charge is 2.28. The lowest BCUT2D eigenvalue weighted by molar-refractivity contribution is -0.115. The van der Waals surface area contributed by atoms with Crippen LogP contribution in [0.1, 0.15) is 16.7 Å². The second-order valence-corrected chi connectivity index (χ2v) is 6.62. The quantitative estimate of drug-likeness (QED) is 0.905. The van der Waals surface area contributed by atoms with Gasteiger partial charge in [-0.1, -0.05) is 23.8 Å². The van der Waals surface area contributed by atoms with Gasteiger partial charge in [-0.3, -0.25) is 4.79 Å². The number of nitrogens with one attached hydrogen (secondary N) is 1. The molecular formula is C17H16FNOS. The predicted molar refractivity (Wildman–Crippen MR) is 84.3 cm³/mol. The molecule has 21 heavy (non-hydrogen) atoms. The minimum atomic E-state index is -0.300. The summed E-state index contributed by atoms with van der Waals surface area (Å²) < 4.78 is 13.5. The predicted octanol–water partition coefficient (Wildman–Crippen LogP) is 4.10. The number of carbonyl (C=O) groups is 1. The van der Waals surface area contributed by atoms with Crippen molar-refractivity contribution in [2.75, 3.05) is 5.32 Å². The third kappa shape index (κ3) is 2.95. The van der Waals surface area contributed by atoms with Crippen LogP contribution in [0.25, 0.3) is 0 Å². The van der Waals surface area contributed by atoms with Crippen molar-refractivity contribution in [2.24, 2.45) is 0 Å². The summed E-state index contributed by atoms with van der Waals surface area (Å²) in [5.74, 6) is -0.372. The number of benzene rings is 2. The van der Waals surface area contributed by atoms with Crippen molar-refractivity contribution < 1.29 is 9.18 Å². The van der Waals surface area contributed by atoms with Gasteiger partial charge in [0, 0.05) is 10.6 Å². The fraction of sp³-hybridized carbons (Fsp3) is 0.235. The lowest BCUT2D eigenvalue weighted by atomic mass is 10.1. The molecule has 2 aromatic rings. The molecule has 0 radical (unpaired) electrons. The minimum Gasteiger partial charge on any atom is -0.325 e. The molecule has 1 amide bonds. The minimum absolute atomic E-state index is 0.0721. The third-order valence-electron chi connectivity index (χ3n) is 3.63. The summed E-state index contributed by atoms with van der Waals surface area (Å²) in [5.41, 5.74) is 3.49. The van der Waals surface area contributed by atoms with E-state index in [1.807, 2.05) is 6.92 Å². The van der Waals surface area contributed by atoms with Gasteiger partial charge in [0.05, 0.1) is 5.25 Å². The molecule has 0 bridgehead atoms. The number of fused-ring (bicyclic) bond motifs is 1. The van der Waals surface area contributed by atoms with Crippen LogP contribution in [0.3, 0.4) is 0 Å². The highest BCUT2D eigenvalue weighted by atomic mass is 32.2. The SMILES string of the molecule is Cc1ccc2c(c1)S[C@@H](C(=O)Nc1ccc(C)c(F)c1)C2. The molecule has 0 aliphatic carbocycles. The monoisotopic (exact) mass is 301 g/mol. The Morgan fingerprint density at radius 2 is 2.05 bits per heavy atom. The molecule has 0 fully saturated rings. The van der Waals surface area contributed by atoms with Gasteiger partial charge in [-0.15, -0.1) is 11.8 Å². The number of anilines is 1. The molecule has 1 N–H and O–H groups in total. The molecule has 1 aliphatic heterocycles. The summed E-state index contributed by atoms with van der Waals surface area (Å²) in [6, 6.07) is 11.0. The second kappa shape index (κ2) is 5.53. The largest absolute Gasteiger partial charge is 0.325 e. The molecule has 4 heteroatoms. The van der Waals surface area contributed by atoms with Crippen LogP contribution in [0.4, 0.5) is 10.1 Å². The van der Waals surface area contributed by atoms with Gasteiger partial charge in [0.25, 0.3) is 0 Å². The number of carbonyl (C=O) groups excluding carboxylic acids is 1. The summed E-state index contributed by atoms with van der Waals surface area (Å²) in [6.45, 7) is 3.75. The summed E-state index contributed by atoms with van der Waals surface area (Å²) in [4.78, 5) is 13.5. The van der Waals surface area contributed by atoms with Crippen molar-refractivity contribution in [2.45, 2.75) is 30.4 Å². The van der Waals surface area contributed by atoms with Crippen LogP contribution in [0.2, 0.25) is 0 Å². The van der Waals surface area contributed by atoms with Crippen LogP contribution in [-0.4, -0.2) is 11.2 Å². The average molecular weight is 301 g/mol. The molecule has 0 spiro atoms. The maximum atomic E-state index is 13.5. The van der Waals surface area contributed by atoms with E-state index < -0.39 is 0 Å². The smallest absolute Gasteiger partial charge is 0.238 e. The average Bonchev–Trinajstić information content (AvgIpc) is 2.86. The summed E-state index contributed by atoms with van der Waals surface area (Å²) in [5, 5.41) is 2.65. The first-order valence-electron chi connectivity index (χ1n) is 6.86. The van der Waals surface area contributed by atoms with Crippen molar-refractivity contribution in [1.82, 2.24) is 0 Å². The molecule has 1 aliphatic rings. The lowest BCUT2D eigenvalue weighted by Gasteiger charge is -2.10. The van der Waals surface area contributed by atoms with Crippen molar-refractivity contribution in [3.63, 3.8) is 0 Å². The van der Waals surface area contributed by atoms with E-state index >= 15 is 0 Å². The van der Waals surface area contributed by atoms with Gasteiger partial charge >= 0.3 is 0 Å². The molecule has 2 nitrogen and oxygen atoms in total. The molecule has 0 saturated heterocycles. The number of amides is 1. The normalized spacial score (nSPS) is 16.6. The molecule has 108 valence electrons. The molecule has 0 saturated carbocycles. The van der Waals surface area contributed by atoms with Crippen molar-refractivity contribution in [3.8, 4) is 0 Å². The maximum Gasteiger partial charge on any atom is 0.238 e. The molecule has 3 rings (SSSR count).